The van der Waals surface area contributed by atoms with Crippen LogP contribution in [0.15, 0.2) is 6.33 Å². The first-order valence-corrected chi connectivity index (χ1v) is 3.92. The van der Waals surface area contributed by atoms with Gasteiger partial charge in [0.1, 0.15) is 6.33 Å². The third-order valence-electron chi connectivity index (χ3n) is 1.82. The van der Waals surface area contributed by atoms with Gasteiger partial charge in [0, 0.05) is 0 Å². The molecule has 1 aromatic heterocycles. The van der Waals surface area contributed by atoms with Gasteiger partial charge in [-0.25, -0.2) is 9.67 Å². The summed E-state index contributed by atoms with van der Waals surface area (Å²) in [6.45, 7) is 4.08. The molecule has 5 nitrogen and oxygen atoms in total. The predicted molar refractivity (Wildman–Crippen MR) is 45.4 cm³/mol. The van der Waals surface area contributed by atoms with Crippen molar-refractivity contribution in [3.63, 3.8) is 0 Å². The maximum Gasteiger partial charge on any atom is 0.239 e. The lowest BCUT2D eigenvalue weighted by Gasteiger charge is -2.17. The number of nitrogen functional groups attached to an aromatic ring is 1. The Labute approximate surface area is 71.2 Å². The smallest absolute Gasteiger partial charge is 0.239 e. The van der Waals surface area contributed by atoms with Gasteiger partial charge in [-0.1, -0.05) is 13.8 Å². The van der Waals surface area contributed by atoms with Gasteiger partial charge in [0.15, 0.2) is 0 Å². The van der Waals surface area contributed by atoms with Gasteiger partial charge in [0.25, 0.3) is 0 Å². The summed E-state index contributed by atoms with van der Waals surface area (Å²) < 4.78 is 1.60. The Hall–Kier alpha value is -1.10. The summed E-state index contributed by atoms with van der Waals surface area (Å²) >= 11 is 0. The molecule has 0 aliphatic carbocycles. The van der Waals surface area contributed by atoms with Crippen molar-refractivity contribution in [2.45, 2.75) is 19.9 Å². The van der Waals surface area contributed by atoms with E-state index in [9.17, 15) is 0 Å². The van der Waals surface area contributed by atoms with Gasteiger partial charge in [-0.05, 0) is 5.92 Å². The largest absolute Gasteiger partial charge is 0.394 e. The van der Waals surface area contributed by atoms with Gasteiger partial charge in [0.05, 0.1) is 12.6 Å². The molecule has 0 spiro atoms. The zero-order chi connectivity index (χ0) is 9.14. The van der Waals surface area contributed by atoms with E-state index in [1.165, 1.54) is 6.33 Å². The average molecular weight is 170 g/mol. The average Bonchev–Trinajstić information content (AvgIpc) is 2.37. The van der Waals surface area contributed by atoms with Crippen molar-refractivity contribution in [1.82, 2.24) is 14.8 Å². The molecule has 0 fully saturated rings. The summed E-state index contributed by atoms with van der Waals surface area (Å²) in [7, 11) is 0. The van der Waals surface area contributed by atoms with Crippen molar-refractivity contribution in [2.24, 2.45) is 5.92 Å². The Morgan fingerprint density at radius 2 is 2.33 bits per heavy atom. The number of aliphatic hydroxyl groups is 1. The van der Waals surface area contributed by atoms with Crippen molar-refractivity contribution >= 4 is 5.95 Å². The van der Waals surface area contributed by atoms with E-state index in [4.69, 9.17) is 10.8 Å². The zero-order valence-corrected chi connectivity index (χ0v) is 7.31. The molecule has 0 radical (unpaired) electrons. The second kappa shape index (κ2) is 3.53. The molecule has 0 bridgehead atoms. The first-order chi connectivity index (χ1) is 5.65. The summed E-state index contributed by atoms with van der Waals surface area (Å²) in [5.41, 5.74) is 5.35. The Bertz CT molecular complexity index is 245. The Morgan fingerprint density at radius 1 is 1.67 bits per heavy atom. The van der Waals surface area contributed by atoms with Crippen LogP contribution in [0.3, 0.4) is 0 Å². The Kier molecular flexibility index (Phi) is 2.65. The van der Waals surface area contributed by atoms with Gasteiger partial charge in [0.2, 0.25) is 5.95 Å². The molecule has 1 aromatic rings. The summed E-state index contributed by atoms with van der Waals surface area (Å²) in [6, 6.07) is -0.0326. The molecule has 5 heteroatoms. The van der Waals surface area contributed by atoms with Crippen molar-refractivity contribution in [1.29, 1.82) is 0 Å². The fourth-order valence-corrected chi connectivity index (χ4v) is 1.05. The van der Waals surface area contributed by atoms with E-state index in [-0.39, 0.29) is 18.6 Å². The van der Waals surface area contributed by atoms with E-state index in [1.807, 2.05) is 13.8 Å². The van der Waals surface area contributed by atoms with Crippen molar-refractivity contribution in [3.05, 3.63) is 6.33 Å². The van der Waals surface area contributed by atoms with E-state index in [0.717, 1.165) is 0 Å². The number of aromatic nitrogens is 3. The highest BCUT2D eigenvalue weighted by Gasteiger charge is 2.15. The Balaban J connectivity index is 2.80. The van der Waals surface area contributed by atoms with E-state index < -0.39 is 0 Å². The van der Waals surface area contributed by atoms with Crippen LogP contribution in [0, 0.1) is 5.92 Å². The highest BCUT2D eigenvalue weighted by Crippen LogP contribution is 2.15. The molecule has 1 rings (SSSR count). The number of nitrogens with zero attached hydrogens (tertiary/aromatic N) is 3. The predicted octanol–water partition coefficient (Wildman–Crippen LogP) is 0.0497. The van der Waals surface area contributed by atoms with Gasteiger partial charge in [-0.2, -0.15) is 0 Å². The van der Waals surface area contributed by atoms with Crippen LogP contribution < -0.4 is 5.73 Å². The molecule has 1 heterocycles. The van der Waals surface area contributed by atoms with Crippen LogP contribution in [0.1, 0.15) is 19.9 Å². The number of hydrogen-bond acceptors (Lipinski definition) is 4. The van der Waals surface area contributed by atoms with Crippen LogP contribution in [0.4, 0.5) is 5.95 Å². The third kappa shape index (κ3) is 1.73. The highest BCUT2D eigenvalue weighted by atomic mass is 16.3. The maximum absolute atomic E-state index is 9.03. The monoisotopic (exact) mass is 170 g/mol. The topological polar surface area (TPSA) is 77.0 Å². The number of anilines is 1. The van der Waals surface area contributed by atoms with Crippen LogP contribution in [0.2, 0.25) is 0 Å². The molecular formula is C7H14N4O. The van der Waals surface area contributed by atoms with E-state index in [2.05, 4.69) is 10.1 Å². The van der Waals surface area contributed by atoms with Gasteiger partial charge in [-0.15, -0.1) is 5.10 Å². The normalized spacial score (nSPS) is 13.7. The van der Waals surface area contributed by atoms with E-state index in [0.29, 0.717) is 5.92 Å². The second-order valence-corrected chi connectivity index (χ2v) is 3.08. The Morgan fingerprint density at radius 3 is 2.67 bits per heavy atom. The molecule has 1 unspecified atom stereocenters. The molecule has 0 saturated heterocycles. The first-order valence-electron chi connectivity index (χ1n) is 3.92. The summed E-state index contributed by atoms with van der Waals surface area (Å²) in [5.74, 6) is 0.560. The maximum atomic E-state index is 9.03. The minimum Gasteiger partial charge on any atom is -0.394 e. The lowest BCUT2D eigenvalue weighted by molar-refractivity contribution is 0.182. The molecular weight excluding hydrogens is 156 g/mol. The van der Waals surface area contributed by atoms with Crippen LogP contribution in [0.25, 0.3) is 0 Å². The fourth-order valence-electron chi connectivity index (χ4n) is 1.05. The lowest BCUT2D eigenvalue weighted by atomic mass is 10.1. The van der Waals surface area contributed by atoms with Crippen LogP contribution in [-0.2, 0) is 0 Å². The van der Waals surface area contributed by atoms with Crippen LogP contribution in [-0.4, -0.2) is 26.5 Å². The molecule has 12 heavy (non-hydrogen) atoms. The summed E-state index contributed by atoms with van der Waals surface area (Å²) in [5, 5.41) is 13.0. The molecule has 68 valence electrons. The van der Waals surface area contributed by atoms with Gasteiger partial charge < -0.3 is 10.8 Å². The van der Waals surface area contributed by atoms with Gasteiger partial charge in [-0.3, -0.25) is 0 Å². The molecule has 0 aliphatic heterocycles. The molecule has 0 aromatic carbocycles. The minimum absolute atomic E-state index is 0.0326. The zero-order valence-electron chi connectivity index (χ0n) is 7.31. The lowest BCUT2D eigenvalue weighted by Crippen LogP contribution is -2.19. The van der Waals surface area contributed by atoms with Crippen molar-refractivity contribution < 1.29 is 5.11 Å². The number of nitrogens with two attached hydrogens (primary N) is 1. The van der Waals surface area contributed by atoms with Crippen molar-refractivity contribution in [3.8, 4) is 0 Å². The quantitative estimate of drug-likeness (QED) is 0.672. The van der Waals surface area contributed by atoms with E-state index in [1.54, 1.807) is 4.68 Å². The summed E-state index contributed by atoms with van der Waals surface area (Å²) in [4.78, 5) is 3.79. The molecule has 1 atom stereocenters. The standard InChI is InChI=1S/C7H14N4O/c1-5(2)6(3-12)11-4-9-7(8)10-11/h4-6,12H,3H2,1-2H3,(H2,8,10). The molecule has 3 N–H and O–H groups in total. The second-order valence-electron chi connectivity index (χ2n) is 3.08. The van der Waals surface area contributed by atoms with E-state index >= 15 is 0 Å². The van der Waals surface area contributed by atoms with Gasteiger partial charge >= 0.3 is 0 Å². The van der Waals surface area contributed by atoms with Crippen LogP contribution in [0.5, 0.6) is 0 Å². The summed E-state index contributed by atoms with van der Waals surface area (Å²) in [6.07, 6.45) is 1.54. The number of aliphatic hydroxyl groups excluding tert-OH is 1. The molecule has 0 saturated carbocycles. The molecule has 0 amide bonds. The first kappa shape index (κ1) is 8.99. The SMILES string of the molecule is CC(C)C(CO)n1cnc(N)n1. The number of rotatable bonds is 3. The highest BCUT2D eigenvalue weighted by molar-refractivity contribution is 5.09. The third-order valence-corrected chi connectivity index (χ3v) is 1.82. The fraction of sp³-hybridized carbons (Fsp3) is 0.714. The number of hydrogen-bond donors (Lipinski definition) is 2. The minimum atomic E-state index is -0.0326. The molecule has 0 aliphatic rings. The van der Waals surface area contributed by atoms with Crippen LogP contribution >= 0.6 is 0 Å². The van der Waals surface area contributed by atoms with Crippen molar-refractivity contribution in [2.75, 3.05) is 12.3 Å².